The monoisotopic (exact) mass is 383 g/mol. The molecule has 3 saturated heterocycles. The molecular formula is C18H25NO8. The normalized spacial score (nSPS) is 47.6. The predicted octanol–water partition coefficient (Wildman–Crippen LogP) is -1.51. The van der Waals surface area contributed by atoms with Crippen LogP contribution < -0.4 is 0 Å². The lowest BCUT2D eigenvalue weighted by Gasteiger charge is -2.39. The third kappa shape index (κ3) is 2.64. The molecule has 0 aromatic carbocycles. The molecule has 3 N–H and O–H groups in total. The number of nitrogens with zero attached hydrogens (tertiary/aromatic N) is 1. The van der Waals surface area contributed by atoms with E-state index in [0.717, 1.165) is 19.0 Å². The molecule has 4 aliphatic heterocycles. The lowest BCUT2D eigenvalue weighted by molar-refractivity contribution is -0.208. The topological polar surface area (TPSA) is 129 Å². The van der Waals surface area contributed by atoms with Crippen molar-refractivity contribution in [3.8, 4) is 0 Å². The molecule has 6 atom stereocenters. The van der Waals surface area contributed by atoms with Gasteiger partial charge in [-0.1, -0.05) is 6.08 Å². The van der Waals surface area contributed by atoms with Gasteiger partial charge in [-0.2, -0.15) is 0 Å². The number of carbonyl (C=O) groups excluding carboxylic acids is 2. The van der Waals surface area contributed by atoms with Gasteiger partial charge in [-0.05, 0) is 25.8 Å². The van der Waals surface area contributed by atoms with Gasteiger partial charge in [-0.25, -0.2) is 9.59 Å². The van der Waals surface area contributed by atoms with Gasteiger partial charge in [0, 0.05) is 19.5 Å². The molecule has 6 unspecified atom stereocenters. The first-order valence-electron chi connectivity index (χ1n) is 9.19. The van der Waals surface area contributed by atoms with Crippen LogP contribution in [0.5, 0.6) is 0 Å². The Bertz CT molecular complexity index is 705. The Morgan fingerprint density at radius 1 is 1.30 bits per heavy atom. The number of epoxide rings is 1. The predicted molar refractivity (Wildman–Crippen MR) is 89.5 cm³/mol. The van der Waals surface area contributed by atoms with Crippen LogP contribution >= 0.6 is 0 Å². The number of rotatable bonds is 1. The molecule has 0 aromatic heterocycles. The number of ether oxygens (including phenoxy) is 3. The molecule has 0 amide bonds. The highest BCUT2D eigenvalue weighted by molar-refractivity contribution is 5.85. The zero-order valence-corrected chi connectivity index (χ0v) is 15.4. The molecule has 0 bridgehead atoms. The van der Waals surface area contributed by atoms with Gasteiger partial charge < -0.3 is 29.5 Å². The van der Waals surface area contributed by atoms with Gasteiger partial charge in [0.15, 0.2) is 11.2 Å². The van der Waals surface area contributed by atoms with E-state index in [1.54, 1.807) is 6.92 Å². The summed E-state index contributed by atoms with van der Waals surface area (Å²) >= 11 is 0. The van der Waals surface area contributed by atoms with Gasteiger partial charge in [-0.15, -0.1) is 0 Å². The Kier molecular flexibility index (Phi) is 4.17. The summed E-state index contributed by atoms with van der Waals surface area (Å²) < 4.78 is 16.5. The fraction of sp³-hybridized carbons (Fsp3) is 0.778. The lowest BCUT2D eigenvalue weighted by Crippen LogP contribution is -2.63. The molecule has 9 nitrogen and oxygen atoms in total. The van der Waals surface area contributed by atoms with Gasteiger partial charge in [0.1, 0.15) is 18.3 Å². The first-order valence-corrected chi connectivity index (χ1v) is 9.19. The number of esters is 2. The van der Waals surface area contributed by atoms with Crippen LogP contribution in [-0.4, -0.2) is 93.5 Å². The van der Waals surface area contributed by atoms with Crippen molar-refractivity contribution in [2.45, 2.75) is 61.7 Å². The summed E-state index contributed by atoms with van der Waals surface area (Å²) in [5.74, 6) is -1.71. The minimum atomic E-state index is -2.44. The Hall–Kier alpha value is -1.52. The molecule has 0 aliphatic carbocycles. The second-order valence-electron chi connectivity index (χ2n) is 8.12. The number of aliphatic hydroxyl groups is 3. The summed E-state index contributed by atoms with van der Waals surface area (Å²) in [6.45, 7) is 3.09. The average molecular weight is 383 g/mol. The quantitative estimate of drug-likeness (QED) is 0.281. The summed E-state index contributed by atoms with van der Waals surface area (Å²) in [5, 5.41) is 31.3. The number of aliphatic hydroxyl groups excluding tert-OH is 1. The van der Waals surface area contributed by atoms with Crippen molar-refractivity contribution in [3.05, 3.63) is 11.6 Å². The highest BCUT2D eigenvalue weighted by atomic mass is 16.7. The third-order valence-corrected chi connectivity index (χ3v) is 6.49. The van der Waals surface area contributed by atoms with Crippen molar-refractivity contribution in [2.75, 3.05) is 26.3 Å². The van der Waals surface area contributed by atoms with Gasteiger partial charge in [-0.3, -0.25) is 4.90 Å². The number of cyclic esters (lactones) is 1. The molecule has 0 radical (unpaired) electrons. The van der Waals surface area contributed by atoms with Crippen molar-refractivity contribution in [1.82, 2.24) is 4.90 Å². The SMILES string of the molecule is CC1OC12CC(O)(CO)C(C)(O)C(=O)OCC1=CCN3CCC(OC2=O)C13. The molecule has 0 aromatic rings. The molecule has 27 heavy (non-hydrogen) atoms. The molecular weight excluding hydrogens is 358 g/mol. The maximum Gasteiger partial charge on any atom is 0.341 e. The minimum absolute atomic E-state index is 0.0796. The summed E-state index contributed by atoms with van der Waals surface area (Å²) in [5.41, 5.74) is -5.50. The smallest absolute Gasteiger partial charge is 0.341 e. The van der Waals surface area contributed by atoms with Gasteiger partial charge in [0.2, 0.25) is 0 Å². The Balaban J connectivity index is 1.72. The van der Waals surface area contributed by atoms with E-state index in [9.17, 15) is 24.9 Å². The lowest BCUT2D eigenvalue weighted by atomic mass is 9.77. The highest BCUT2D eigenvalue weighted by Gasteiger charge is 2.68. The highest BCUT2D eigenvalue weighted by Crippen LogP contribution is 2.47. The van der Waals surface area contributed by atoms with Crippen molar-refractivity contribution in [3.63, 3.8) is 0 Å². The van der Waals surface area contributed by atoms with E-state index in [0.29, 0.717) is 13.0 Å². The molecule has 9 heteroatoms. The molecule has 0 saturated carbocycles. The van der Waals surface area contributed by atoms with Crippen LogP contribution in [0.25, 0.3) is 0 Å². The number of carbonyl (C=O) groups is 2. The first kappa shape index (κ1) is 18.8. The summed E-state index contributed by atoms with van der Waals surface area (Å²) in [7, 11) is 0. The van der Waals surface area contributed by atoms with Crippen LogP contribution in [0.4, 0.5) is 0 Å². The second-order valence-corrected chi connectivity index (χ2v) is 8.12. The Morgan fingerprint density at radius 2 is 2.00 bits per heavy atom. The van der Waals surface area contributed by atoms with E-state index < -0.39 is 54.0 Å². The largest absolute Gasteiger partial charge is 0.459 e. The van der Waals surface area contributed by atoms with Crippen molar-refractivity contribution in [1.29, 1.82) is 0 Å². The summed E-state index contributed by atoms with van der Waals surface area (Å²) in [4.78, 5) is 27.6. The summed E-state index contributed by atoms with van der Waals surface area (Å²) in [6, 6.07) is -0.172. The number of hydrogen-bond acceptors (Lipinski definition) is 9. The number of hydrogen-bond donors (Lipinski definition) is 3. The zero-order chi connectivity index (χ0) is 19.6. The van der Waals surface area contributed by atoms with Crippen LogP contribution in [0.1, 0.15) is 26.7 Å². The Morgan fingerprint density at radius 3 is 2.63 bits per heavy atom. The van der Waals surface area contributed by atoms with E-state index >= 15 is 0 Å². The Labute approximate surface area is 156 Å². The van der Waals surface area contributed by atoms with E-state index in [1.165, 1.54) is 0 Å². The van der Waals surface area contributed by atoms with Crippen LogP contribution in [0.3, 0.4) is 0 Å². The van der Waals surface area contributed by atoms with Crippen LogP contribution in [0.15, 0.2) is 11.6 Å². The van der Waals surface area contributed by atoms with Crippen molar-refractivity contribution >= 4 is 11.9 Å². The third-order valence-electron chi connectivity index (χ3n) is 6.49. The first-order chi connectivity index (χ1) is 12.6. The van der Waals surface area contributed by atoms with E-state index in [1.807, 2.05) is 6.08 Å². The zero-order valence-electron chi connectivity index (χ0n) is 15.4. The van der Waals surface area contributed by atoms with Gasteiger partial charge >= 0.3 is 11.9 Å². The van der Waals surface area contributed by atoms with Crippen LogP contribution in [-0.2, 0) is 23.8 Å². The molecule has 4 aliphatic rings. The minimum Gasteiger partial charge on any atom is -0.459 e. The fourth-order valence-electron chi connectivity index (χ4n) is 4.41. The molecule has 1 spiro atoms. The summed E-state index contributed by atoms with van der Waals surface area (Å²) in [6.07, 6.45) is 1.11. The van der Waals surface area contributed by atoms with Crippen molar-refractivity contribution < 1.29 is 39.1 Å². The van der Waals surface area contributed by atoms with E-state index in [-0.39, 0.29) is 12.6 Å². The maximum atomic E-state index is 12.9. The van der Waals surface area contributed by atoms with Crippen molar-refractivity contribution in [2.24, 2.45) is 0 Å². The second kappa shape index (κ2) is 5.99. The van der Waals surface area contributed by atoms with E-state index in [2.05, 4.69) is 4.90 Å². The maximum absolute atomic E-state index is 12.9. The molecule has 4 heterocycles. The van der Waals surface area contributed by atoms with Gasteiger partial charge in [0.25, 0.3) is 0 Å². The molecule has 150 valence electrons. The van der Waals surface area contributed by atoms with Crippen LogP contribution in [0.2, 0.25) is 0 Å². The van der Waals surface area contributed by atoms with Gasteiger partial charge in [0.05, 0.1) is 18.8 Å². The molecule has 3 fully saturated rings. The van der Waals surface area contributed by atoms with Crippen LogP contribution in [0, 0.1) is 0 Å². The fourth-order valence-corrected chi connectivity index (χ4v) is 4.41. The standard InChI is InChI=1S/C18H25NO8/c1-10-18(27-10)8-17(24,9-20)16(2,23)14(21)25-7-11-3-5-19-6-4-12(13(11)19)26-15(18)22/h3,10,12-13,20,23-24H,4-9H2,1-2H3. The van der Waals surface area contributed by atoms with E-state index in [4.69, 9.17) is 14.2 Å². The average Bonchev–Trinajstić information content (AvgIpc) is 2.97. The molecule has 4 rings (SSSR count).